The Hall–Kier alpha value is -3.42. The van der Waals surface area contributed by atoms with Crippen LogP contribution in [0, 0.1) is 0 Å². The van der Waals surface area contributed by atoms with Crippen molar-refractivity contribution in [3.8, 4) is 0 Å². The van der Waals surface area contributed by atoms with Gasteiger partial charge in [0.05, 0.1) is 63.9 Å². The van der Waals surface area contributed by atoms with Crippen LogP contribution in [0.1, 0.15) is 175 Å². The Balaban J connectivity index is 1.44. The van der Waals surface area contributed by atoms with Crippen LogP contribution in [0.15, 0.2) is 12.2 Å². The van der Waals surface area contributed by atoms with Crippen LogP contribution in [-0.4, -0.2) is 321 Å². The maximum Gasteiger partial charge on any atom is 0.364 e. The summed E-state index contributed by atoms with van der Waals surface area (Å²) >= 11 is 0. The molecule has 34 nitrogen and oxygen atoms in total. The molecule has 0 radical (unpaired) electrons. The molecule has 0 spiro atoms. The van der Waals surface area contributed by atoms with Crippen LogP contribution in [0.4, 0.5) is 0 Å². The standard InChI is InChI=1S/C67H119N3O31/c1-5-7-9-11-13-15-16-17-18-20-21-23-25-27-39(78)38(70-46(81)28-26-24-22-19-14-12-10-8-6-2)35-92-63-55(88)53(86)57(44(33-74)95-63)97-65-56(89)61(101-67(66(90)91)29-40(79)47(68-36(3)76)60(100-67)49(82)41(80)30-71)58(45(34-75)96-65)98-62-48(69-37(4)77)59(51(84)43(32-73)93-62)99-64-54(87)52(85)50(83)42(31-72)94-64/h25,27,38-45,47-65,71-75,78-80,82-89H,5-24,26,28-35H2,1-4H3,(H,68,76)(H,69,77)(H,70,81)(H,90,91)/b27-25+/t38-,39+,40-,41-,42+,43+,44+,45+,47+,48+,49-,50-,51-,52-,53+,54+,55?,56+,57+,58-,59+,60?,61+,62-,63+,64-,65-,67-/m0/s1. The molecule has 588 valence electrons. The number of ether oxygens (including phenoxy) is 10. The van der Waals surface area contributed by atoms with Gasteiger partial charge in [0.1, 0.15) is 116 Å². The number of nitrogens with one attached hydrogen (secondary N) is 3. The number of amides is 3. The summed E-state index contributed by atoms with van der Waals surface area (Å²) in [5.74, 6) is -7.72. The van der Waals surface area contributed by atoms with Gasteiger partial charge in [-0.25, -0.2) is 4.79 Å². The number of hydrogen-bond acceptors (Lipinski definition) is 30. The van der Waals surface area contributed by atoms with Crippen molar-refractivity contribution in [1.29, 1.82) is 0 Å². The van der Waals surface area contributed by atoms with E-state index in [1.807, 2.05) is 0 Å². The molecule has 34 heteroatoms. The quantitative estimate of drug-likeness (QED) is 0.0209. The Bertz CT molecular complexity index is 2390. The average Bonchev–Trinajstić information content (AvgIpc) is 0.752. The normalized spacial score (nSPS) is 35.9. The fraction of sp³-hybridized carbons (Fsp3) is 0.910. The fourth-order valence-corrected chi connectivity index (χ4v) is 13.3. The predicted molar refractivity (Wildman–Crippen MR) is 351 cm³/mol. The summed E-state index contributed by atoms with van der Waals surface area (Å²) in [6.07, 6.45) is -24.7. The second-order valence-corrected chi connectivity index (χ2v) is 27.2. The van der Waals surface area contributed by atoms with Gasteiger partial charge in [-0.15, -0.1) is 0 Å². The molecule has 2 unspecified atom stereocenters. The van der Waals surface area contributed by atoms with Crippen molar-refractivity contribution in [3.63, 3.8) is 0 Å². The van der Waals surface area contributed by atoms with Crippen LogP contribution in [0.5, 0.6) is 0 Å². The lowest BCUT2D eigenvalue weighted by molar-refractivity contribution is -0.403. The van der Waals surface area contributed by atoms with Crippen LogP contribution in [0.3, 0.4) is 0 Å². The SMILES string of the molecule is CCCCCCCCCCCCC/C=C/[C@@H](O)[C@H](CO[C@@H]1O[C@H](CO)[C@@H](O[C@@H]2O[C@H](CO)[C@H](O[C@@H]3O[C@H](CO)[C@H](O)[C@H](O[C@@H]4O[C@H](CO)[C@H](O)[C@H](O)[C@H]4O)[C@H]3NC(C)=O)[C@H](O[C@]3(C(=O)O)C[C@H](O)[C@@H](NC(C)=O)C([C@@H](O)[C@@H](O)CO)O3)[C@H]2O)[C@H](O)C1O)NC(=O)CCCCCCCCCCC. The fourth-order valence-electron chi connectivity index (χ4n) is 13.3. The number of carboxylic acids is 1. The number of carbonyl (C=O) groups excluding carboxylic acids is 3. The van der Waals surface area contributed by atoms with E-state index in [9.17, 15) is 106 Å². The molecule has 20 N–H and O–H groups in total. The van der Waals surface area contributed by atoms with E-state index in [1.54, 1.807) is 6.08 Å². The van der Waals surface area contributed by atoms with E-state index in [0.29, 0.717) is 12.8 Å². The zero-order chi connectivity index (χ0) is 74.5. The number of carboxylic acid groups (broad SMARTS) is 1. The Kier molecular flexibility index (Phi) is 39.6. The van der Waals surface area contributed by atoms with Crippen molar-refractivity contribution in [2.75, 3.05) is 39.6 Å². The first-order chi connectivity index (χ1) is 48.3. The summed E-state index contributed by atoms with van der Waals surface area (Å²) in [6.45, 7) is 0.243. The molecule has 5 aliphatic heterocycles. The number of aliphatic carboxylic acids is 1. The third kappa shape index (κ3) is 25.9. The van der Waals surface area contributed by atoms with E-state index in [-0.39, 0.29) is 6.42 Å². The van der Waals surface area contributed by atoms with Crippen LogP contribution < -0.4 is 16.0 Å². The molecule has 0 bridgehead atoms. The van der Waals surface area contributed by atoms with Crippen molar-refractivity contribution >= 4 is 23.7 Å². The highest BCUT2D eigenvalue weighted by Crippen LogP contribution is 2.41. The first-order valence-corrected chi connectivity index (χ1v) is 36.1. The topological polar surface area (TPSA) is 541 Å². The summed E-state index contributed by atoms with van der Waals surface area (Å²) in [5, 5.41) is 196. The molecule has 0 aliphatic carbocycles. The van der Waals surface area contributed by atoms with Crippen molar-refractivity contribution in [2.45, 2.75) is 347 Å². The minimum absolute atomic E-state index is 0.132. The number of aliphatic hydroxyl groups is 16. The Morgan fingerprint density at radius 2 is 0.980 bits per heavy atom. The van der Waals surface area contributed by atoms with Gasteiger partial charge in [0.2, 0.25) is 17.7 Å². The second-order valence-electron chi connectivity index (χ2n) is 27.2. The van der Waals surface area contributed by atoms with E-state index in [1.165, 1.54) is 63.9 Å². The zero-order valence-corrected chi connectivity index (χ0v) is 58.6. The lowest BCUT2D eigenvalue weighted by atomic mass is 9.88. The Labute approximate surface area is 589 Å². The Morgan fingerprint density at radius 1 is 0.515 bits per heavy atom. The summed E-state index contributed by atoms with van der Waals surface area (Å²) in [4.78, 5) is 52.8. The molecule has 3 amide bonds. The van der Waals surface area contributed by atoms with Crippen LogP contribution in [0.25, 0.3) is 0 Å². The average molecular weight is 1460 g/mol. The smallest absolute Gasteiger partial charge is 0.364 e. The molecule has 5 aliphatic rings. The molecule has 5 fully saturated rings. The summed E-state index contributed by atoms with van der Waals surface area (Å²) in [6, 6.07) is -4.80. The van der Waals surface area contributed by atoms with Crippen molar-refractivity contribution < 1.29 is 153 Å². The zero-order valence-electron chi connectivity index (χ0n) is 58.6. The van der Waals surface area contributed by atoms with Crippen LogP contribution in [0.2, 0.25) is 0 Å². The highest BCUT2D eigenvalue weighted by atomic mass is 16.8. The highest BCUT2D eigenvalue weighted by Gasteiger charge is 2.62. The molecule has 0 aromatic rings. The van der Waals surface area contributed by atoms with E-state index < -0.39 is 241 Å². The van der Waals surface area contributed by atoms with Gasteiger partial charge in [0.15, 0.2) is 25.2 Å². The highest BCUT2D eigenvalue weighted by molar-refractivity contribution is 5.77. The number of rotatable bonds is 46. The molecule has 5 rings (SSSR count). The number of aliphatic hydroxyl groups excluding tert-OH is 16. The number of hydrogen-bond donors (Lipinski definition) is 20. The minimum atomic E-state index is -3.38. The molecule has 28 atom stereocenters. The van der Waals surface area contributed by atoms with E-state index in [4.69, 9.17) is 47.4 Å². The summed E-state index contributed by atoms with van der Waals surface area (Å²) in [7, 11) is 0. The second kappa shape index (κ2) is 45.3. The van der Waals surface area contributed by atoms with Crippen LogP contribution >= 0.6 is 0 Å². The molecule has 5 heterocycles. The molecular formula is C67H119N3O31. The van der Waals surface area contributed by atoms with Gasteiger partial charge in [0, 0.05) is 26.7 Å². The van der Waals surface area contributed by atoms with Gasteiger partial charge in [0.25, 0.3) is 5.79 Å². The van der Waals surface area contributed by atoms with Gasteiger partial charge in [-0.3, -0.25) is 14.4 Å². The van der Waals surface area contributed by atoms with Crippen molar-refractivity contribution in [1.82, 2.24) is 16.0 Å². The maximum atomic E-state index is 13.8. The molecular weight excluding hydrogens is 1340 g/mol. The summed E-state index contributed by atoms with van der Waals surface area (Å²) in [5.41, 5.74) is 0. The van der Waals surface area contributed by atoms with Crippen molar-refractivity contribution in [3.05, 3.63) is 12.2 Å². The van der Waals surface area contributed by atoms with Gasteiger partial charge < -0.3 is 150 Å². The number of allylic oxidation sites excluding steroid dienone is 1. The first-order valence-electron chi connectivity index (χ1n) is 36.1. The van der Waals surface area contributed by atoms with E-state index >= 15 is 0 Å². The number of unbranched alkanes of at least 4 members (excludes halogenated alkanes) is 19. The molecule has 0 aromatic heterocycles. The molecule has 5 saturated heterocycles. The molecule has 0 aromatic carbocycles. The van der Waals surface area contributed by atoms with E-state index in [2.05, 4.69) is 29.8 Å². The minimum Gasteiger partial charge on any atom is -0.477 e. The van der Waals surface area contributed by atoms with Crippen LogP contribution in [-0.2, 0) is 66.5 Å². The lowest BCUT2D eigenvalue weighted by Crippen LogP contribution is -2.72. The van der Waals surface area contributed by atoms with E-state index in [0.717, 1.165) is 78.1 Å². The third-order valence-electron chi connectivity index (χ3n) is 19.1. The monoisotopic (exact) mass is 1460 g/mol. The maximum absolute atomic E-state index is 13.8. The lowest BCUT2D eigenvalue weighted by Gasteiger charge is -2.52. The van der Waals surface area contributed by atoms with Gasteiger partial charge in [-0.2, -0.15) is 0 Å². The predicted octanol–water partition coefficient (Wildman–Crippen LogP) is -3.38. The summed E-state index contributed by atoms with van der Waals surface area (Å²) < 4.78 is 59.9. The van der Waals surface area contributed by atoms with Crippen molar-refractivity contribution in [2.24, 2.45) is 0 Å². The third-order valence-corrected chi connectivity index (χ3v) is 19.1. The number of carbonyl (C=O) groups is 4. The van der Waals surface area contributed by atoms with Gasteiger partial charge >= 0.3 is 5.97 Å². The molecule has 101 heavy (non-hydrogen) atoms. The van der Waals surface area contributed by atoms with Gasteiger partial charge in [-0.05, 0) is 19.3 Å². The molecule has 0 saturated carbocycles. The largest absolute Gasteiger partial charge is 0.477 e. The first kappa shape index (κ1) is 88.2. The Morgan fingerprint density at radius 3 is 1.52 bits per heavy atom. The van der Waals surface area contributed by atoms with Gasteiger partial charge in [-0.1, -0.05) is 142 Å².